The third-order valence-corrected chi connectivity index (χ3v) is 6.15. The molecule has 0 spiro atoms. The molecule has 0 N–H and O–H groups in total. The number of ether oxygens (including phenoxy) is 1. The van der Waals surface area contributed by atoms with Gasteiger partial charge in [-0.25, -0.2) is 4.98 Å². The molecule has 7 heteroatoms. The molecule has 158 valence electrons. The van der Waals surface area contributed by atoms with Gasteiger partial charge in [0.15, 0.2) is 10.8 Å². The van der Waals surface area contributed by atoms with E-state index in [-0.39, 0.29) is 18.4 Å². The van der Waals surface area contributed by atoms with Crippen LogP contribution in [-0.4, -0.2) is 49.1 Å². The standard InChI is InChI=1S/C23H27N3O3S/c1-25(2)19-9-7-17(8-10-19)14-26(15-20-5-3-11-28-20)22(27)13-18-16-30-23(24-18)21-6-4-12-29-21/h4,6-10,12,16,20H,3,5,11,13-15H2,1-2H3. The van der Waals surface area contributed by atoms with E-state index in [1.54, 1.807) is 6.26 Å². The number of hydrogen-bond acceptors (Lipinski definition) is 6. The van der Waals surface area contributed by atoms with E-state index >= 15 is 0 Å². The molecule has 1 fully saturated rings. The molecule has 0 saturated carbocycles. The van der Waals surface area contributed by atoms with Crippen molar-refractivity contribution in [1.82, 2.24) is 9.88 Å². The highest BCUT2D eigenvalue weighted by molar-refractivity contribution is 7.13. The number of amides is 1. The summed E-state index contributed by atoms with van der Waals surface area (Å²) < 4.78 is 11.2. The van der Waals surface area contributed by atoms with Crippen LogP contribution in [0.3, 0.4) is 0 Å². The first-order valence-electron chi connectivity index (χ1n) is 10.2. The second kappa shape index (κ2) is 9.45. The first-order valence-corrected chi connectivity index (χ1v) is 11.1. The van der Waals surface area contributed by atoms with E-state index in [1.165, 1.54) is 11.3 Å². The predicted octanol–water partition coefficient (Wildman–Crippen LogP) is 4.22. The van der Waals surface area contributed by atoms with Crippen molar-refractivity contribution in [3.63, 3.8) is 0 Å². The predicted molar refractivity (Wildman–Crippen MR) is 119 cm³/mol. The van der Waals surface area contributed by atoms with E-state index in [1.807, 2.05) is 36.5 Å². The van der Waals surface area contributed by atoms with Crippen LogP contribution >= 0.6 is 11.3 Å². The first-order chi connectivity index (χ1) is 14.6. The summed E-state index contributed by atoms with van der Waals surface area (Å²) in [6, 6.07) is 12.1. The minimum absolute atomic E-state index is 0.0680. The fourth-order valence-corrected chi connectivity index (χ4v) is 4.36. The first kappa shape index (κ1) is 20.6. The van der Waals surface area contributed by atoms with Crippen LogP contribution in [-0.2, 0) is 22.5 Å². The van der Waals surface area contributed by atoms with Crippen LogP contribution in [0.2, 0.25) is 0 Å². The van der Waals surface area contributed by atoms with Gasteiger partial charge in [0.25, 0.3) is 0 Å². The quantitative estimate of drug-likeness (QED) is 0.541. The maximum Gasteiger partial charge on any atom is 0.229 e. The molecule has 4 rings (SSSR count). The summed E-state index contributed by atoms with van der Waals surface area (Å²) >= 11 is 1.50. The summed E-state index contributed by atoms with van der Waals surface area (Å²) in [5, 5.41) is 2.74. The summed E-state index contributed by atoms with van der Waals surface area (Å²) in [6.07, 6.45) is 4.08. The molecule has 1 aromatic carbocycles. The van der Waals surface area contributed by atoms with Gasteiger partial charge in [0.2, 0.25) is 5.91 Å². The summed E-state index contributed by atoms with van der Waals surface area (Å²) in [7, 11) is 4.04. The number of nitrogens with zero attached hydrogens (tertiary/aromatic N) is 3. The molecule has 1 saturated heterocycles. The van der Waals surface area contributed by atoms with Crippen molar-refractivity contribution in [1.29, 1.82) is 0 Å². The van der Waals surface area contributed by atoms with E-state index in [4.69, 9.17) is 9.15 Å². The van der Waals surface area contributed by atoms with Gasteiger partial charge in [-0.2, -0.15) is 0 Å². The minimum Gasteiger partial charge on any atom is -0.462 e. The average molecular weight is 426 g/mol. The van der Waals surface area contributed by atoms with Crippen molar-refractivity contribution in [2.75, 3.05) is 32.1 Å². The maximum atomic E-state index is 13.2. The summed E-state index contributed by atoms with van der Waals surface area (Å²) in [5.41, 5.74) is 3.03. The van der Waals surface area contributed by atoms with Crippen molar-refractivity contribution < 1.29 is 13.9 Å². The van der Waals surface area contributed by atoms with Crippen molar-refractivity contribution in [3.05, 3.63) is 59.3 Å². The highest BCUT2D eigenvalue weighted by atomic mass is 32.1. The Morgan fingerprint density at radius 1 is 1.23 bits per heavy atom. The topological polar surface area (TPSA) is 58.8 Å². The Kier molecular flexibility index (Phi) is 6.50. The molecular formula is C23H27N3O3S. The number of hydrogen-bond donors (Lipinski definition) is 0. The zero-order valence-electron chi connectivity index (χ0n) is 17.4. The SMILES string of the molecule is CN(C)c1ccc(CN(CC2CCCO2)C(=O)Cc2csc(-c3ccco3)n2)cc1. The summed E-state index contributed by atoms with van der Waals surface area (Å²) in [6.45, 7) is 1.97. The number of carbonyl (C=O) groups is 1. The van der Waals surface area contributed by atoms with Crippen LogP contribution in [0.4, 0.5) is 5.69 Å². The maximum absolute atomic E-state index is 13.2. The van der Waals surface area contributed by atoms with Gasteiger partial charge in [-0.05, 0) is 42.7 Å². The van der Waals surface area contributed by atoms with Gasteiger partial charge in [-0.1, -0.05) is 12.1 Å². The van der Waals surface area contributed by atoms with Crippen molar-refractivity contribution in [2.24, 2.45) is 0 Å². The second-order valence-corrected chi connectivity index (χ2v) is 8.63. The third kappa shape index (κ3) is 5.09. The number of carbonyl (C=O) groups excluding carboxylic acids is 1. The molecule has 1 atom stereocenters. The van der Waals surface area contributed by atoms with Crippen molar-refractivity contribution >= 4 is 22.9 Å². The molecule has 1 unspecified atom stereocenters. The van der Waals surface area contributed by atoms with E-state index in [9.17, 15) is 4.79 Å². The van der Waals surface area contributed by atoms with Crippen molar-refractivity contribution in [3.8, 4) is 10.8 Å². The lowest BCUT2D eigenvalue weighted by molar-refractivity contribution is -0.132. The molecule has 3 heterocycles. The molecule has 2 aromatic heterocycles. The van der Waals surface area contributed by atoms with Crippen molar-refractivity contribution in [2.45, 2.75) is 31.9 Å². The monoisotopic (exact) mass is 425 g/mol. The zero-order valence-corrected chi connectivity index (χ0v) is 18.2. The van der Waals surface area contributed by atoms with Gasteiger partial charge >= 0.3 is 0 Å². The fraction of sp³-hybridized carbons (Fsp3) is 0.391. The van der Waals surface area contributed by atoms with Gasteiger partial charge < -0.3 is 19.0 Å². The van der Waals surface area contributed by atoms with Crippen LogP contribution in [0.5, 0.6) is 0 Å². The zero-order chi connectivity index (χ0) is 20.9. The lowest BCUT2D eigenvalue weighted by Gasteiger charge is -2.26. The van der Waals surface area contributed by atoms with E-state index in [2.05, 4.69) is 34.1 Å². The van der Waals surface area contributed by atoms with Crippen LogP contribution < -0.4 is 4.90 Å². The Labute approximate surface area is 181 Å². The molecule has 0 radical (unpaired) electrons. The second-order valence-electron chi connectivity index (χ2n) is 7.77. The molecule has 30 heavy (non-hydrogen) atoms. The van der Waals surface area contributed by atoms with E-state index in [0.29, 0.717) is 13.1 Å². The largest absolute Gasteiger partial charge is 0.462 e. The lowest BCUT2D eigenvalue weighted by atomic mass is 10.1. The van der Waals surface area contributed by atoms with E-state index < -0.39 is 0 Å². The van der Waals surface area contributed by atoms with Crippen LogP contribution in [0.25, 0.3) is 10.8 Å². The Morgan fingerprint density at radius 2 is 2.07 bits per heavy atom. The van der Waals surface area contributed by atoms with Gasteiger partial charge in [-0.3, -0.25) is 4.79 Å². The Hall–Kier alpha value is -2.64. The number of aromatic nitrogens is 1. The molecule has 1 aliphatic heterocycles. The normalized spacial score (nSPS) is 16.0. The Morgan fingerprint density at radius 3 is 2.73 bits per heavy atom. The highest BCUT2D eigenvalue weighted by Gasteiger charge is 2.23. The van der Waals surface area contributed by atoms with Gasteiger partial charge in [0, 0.05) is 44.9 Å². The average Bonchev–Trinajstić information content (AvgIpc) is 3.50. The third-order valence-electron chi connectivity index (χ3n) is 5.24. The highest BCUT2D eigenvalue weighted by Crippen LogP contribution is 2.25. The Balaban J connectivity index is 1.46. The summed E-state index contributed by atoms with van der Waals surface area (Å²) in [4.78, 5) is 21.7. The van der Waals surface area contributed by atoms with Gasteiger partial charge in [-0.15, -0.1) is 11.3 Å². The Bertz CT molecular complexity index is 945. The smallest absolute Gasteiger partial charge is 0.229 e. The number of rotatable bonds is 8. The molecule has 3 aromatic rings. The number of anilines is 1. The molecule has 1 aliphatic rings. The van der Waals surface area contributed by atoms with Gasteiger partial charge in [0.05, 0.1) is 24.5 Å². The van der Waals surface area contributed by atoms with E-state index in [0.717, 1.165) is 47.2 Å². The van der Waals surface area contributed by atoms with Crippen LogP contribution in [0, 0.1) is 0 Å². The minimum atomic E-state index is 0.0680. The lowest BCUT2D eigenvalue weighted by Crippen LogP contribution is -2.37. The fourth-order valence-electron chi connectivity index (χ4n) is 3.58. The number of thiazole rings is 1. The molecule has 6 nitrogen and oxygen atoms in total. The molecule has 0 aliphatic carbocycles. The molecule has 0 bridgehead atoms. The van der Waals surface area contributed by atoms with Crippen LogP contribution in [0.15, 0.2) is 52.5 Å². The van der Waals surface area contributed by atoms with Gasteiger partial charge in [0.1, 0.15) is 0 Å². The summed E-state index contributed by atoms with van der Waals surface area (Å²) in [5.74, 6) is 0.800. The molecular weight excluding hydrogens is 398 g/mol. The molecule has 1 amide bonds. The number of furan rings is 1. The number of benzene rings is 1. The van der Waals surface area contributed by atoms with Crippen LogP contribution in [0.1, 0.15) is 24.1 Å².